The van der Waals surface area contributed by atoms with Crippen LogP contribution in [0.4, 0.5) is 17.7 Å². The summed E-state index contributed by atoms with van der Waals surface area (Å²) in [5.41, 5.74) is 3.04. The molecule has 0 radical (unpaired) electrons. The lowest BCUT2D eigenvalue weighted by Gasteiger charge is -2.09. The van der Waals surface area contributed by atoms with Crippen molar-refractivity contribution in [2.24, 2.45) is 0 Å². The number of hydrogen-bond acceptors (Lipinski definition) is 6. The quantitative estimate of drug-likeness (QED) is 0.433. The van der Waals surface area contributed by atoms with Gasteiger partial charge in [0.15, 0.2) is 0 Å². The van der Waals surface area contributed by atoms with E-state index in [-0.39, 0.29) is 11.9 Å². The molecule has 0 bridgehead atoms. The fraction of sp³-hybridized carbons (Fsp3) is 0.0417. The largest absolute Gasteiger partial charge is 0.308 e. The predicted octanol–water partition coefficient (Wildman–Crippen LogP) is 4.51. The molecule has 32 heavy (non-hydrogen) atoms. The zero-order valence-electron chi connectivity index (χ0n) is 17.2. The summed E-state index contributed by atoms with van der Waals surface area (Å²) in [4.78, 5) is 26.0. The molecule has 8 heteroatoms. The number of aryl methyl sites for hydroxylation is 1. The number of nitrogens with one attached hydrogen (secondary N) is 2. The Labute approximate surface area is 184 Å². The third kappa shape index (κ3) is 3.77. The highest BCUT2D eigenvalue weighted by Gasteiger charge is 2.17. The van der Waals surface area contributed by atoms with E-state index >= 15 is 0 Å². The first-order valence-electron chi connectivity index (χ1n) is 10.1. The summed E-state index contributed by atoms with van der Waals surface area (Å²) in [6, 6.07) is 24.6. The van der Waals surface area contributed by atoms with Gasteiger partial charge in [-0.1, -0.05) is 48.5 Å². The molecule has 2 heterocycles. The maximum absolute atomic E-state index is 12.8. The highest BCUT2D eigenvalue weighted by Crippen LogP contribution is 2.24. The first kappa shape index (κ1) is 19.4. The van der Waals surface area contributed by atoms with Crippen molar-refractivity contribution in [1.29, 1.82) is 0 Å². The average molecular weight is 421 g/mol. The van der Waals surface area contributed by atoms with E-state index in [0.717, 1.165) is 22.2 Å². The van der Waals surface area contributed by atoms with Gasteiger partial charge in [-0.05, 0) is 42.8 Å². The molecule has 0 aliphatic heterocycles. The lowest BCUT2D eigenvalue weighted by atomic mass is 10.1. The van der Waals surface area contributed by atoms with Crippen LogP contribution in [0.15, 0.2) is 85.2 Å². The molecule has 2 N–H and O–H groups in total. The Hall–Kier alpha value is -4.59. The Bertz CT molecular complexity index is 1410. The lowest BCUT2D eigenvalue weighted by Crippen LogP contribution is -2.14. The third-order valence-electron chi connectivity index (χ3n) is 5.00. The smallest absolute Gasteiger partial charge is 0.258 e. The van der Waals surface area contributed by atoms with Crippen molar-refractivity contribution >= 4 is 34.5 Å². The molecule has 0 saturated heterocycles. The van der Waals surface area contributed by atoms with Crippen LogP contribution >= 0.6 is 0 Å². The molecule has 0 spiro atoms. The van der Waals surface area contributed by atoms with Crippen molar-refractivity contribution in [2.75, 3.05) is 10.6 Å². The molecule has 0 fully saturated rings. The molecule has 5 aromatic rings. The zero-order chi connectivity index (χ0) is 21.9. The van der Waals surface area contributed by atoms with Gasteiger partial charge in [0, 0.05) is 10.9 Å². The van der Waals surface area contributed by atoms with Crippen LogP contribution < -0.4 is 10.6 Å². The van der Waals surface area contributed by atoms with Gasteiger partial charge in [0.25, 0.3) is 11.9 Å². The second kappa shape index (κ2) is 8.27. The number of amides is 1. The van der Waals surface area contributed by atoms with Crippen molar-refractivity contribution in [2.45, 2.75) is 6.92 Å². The molecule has 156 valence electrons. The summed E-state index contributed by atoms with van der Waals surface area (Å²) >= 11 is 0. The Morgan fingerprint density at radius 3 is 2.47 bits per heavy atom. The second-order valence-electron chi connectivity index (χ2n) is 7.14. The fourth-order valence-corrected chi connectivity index (χ4v) is 3.40. The minimum atomic E-state index is -0.271. The van der Waals surface area contributed by atoms with Gasteiger partial charge < -0.3 is 5.32 Å². The first-order chi connectivity index (χ1) is 15.7. The number of rotatable bonds is 5. The third-order valence-corrected chi connectivity index (χ3v) is 5.00. The van der Waals surface area contributed by atoms with E-state index in [1.54, 1.807) is 10.7 Å². The number of benzene rings is 3. The molecule has 0 atom stereocenters. The summed E-state index contributed by atoms with van der Waals surface area (Å²) in [6.45, 7) is 1.89. The number of nitrogens with zero attached hydrogens (tertiary/aromatic N) is 5. The molecule has 3 aromatic carbocycles. The maximum atomic E-state index is 12.8. The van der Waals surface area contributed by atoms with Crippen LogP contribution in [0.1, 0.15) is 15.9 Å². The van der Waals surface area contributed by atoms with Crippen LogP contribution in [0.25, 0.3) is 16.6 Å². The van der Waals surface area contributed by atoms with Gasteiger partial charge in [-0.25, -0.2) is 9.97 Å². The molecule has 5 rings (SSSR count). The van der Waals surface area contributed by atoms with Gasteiger partial charge in [-0.2, -0.15) is 9.67 Å². The molecular weight excluding hydrogens is 402 g/mol. The summed E-state index contributed by atoms with van der Waals surface area (Å²) in [5, 5.41) is 11.4. The fourth-order valence-electron chi connectivity index (χ4n) is 3.40. The van der Waals surface area contributed by atoms with E-state index in [1.165, 1.54) is 6.33 Å². The molecule has 1 amide bonds. The summed E-state index contributed by atoms with van der Waals surface area (Å²) < 4.78 is 1.63. The van der Waals surface area contributed by atoms with Crippen molar-refractivity contribution in [3.8, 4) is 5.69 Å². The van der Waals surface area contributed by atoms with E-state index in [4.69, 9.17) is 0 Å². The maximum Gasteiger partial charge on any atom is 0.258 e. The van der Waals surface area contributed by atoms with Gasteiger partial charge >= 0.3 is 0 Å². The predicted molar refractivity (Wildman–Crippen MR) is 123 cm³/mol. The van der Waals surface area contributed by atoms with E-state index < -0.39 is 0 Å². The molecule has 0 aliphatic rings. The van der Waals surface area contributed by atoms with Gasteiger partial charge in [0.05, 0.1) is 11.2 Å². The average Bonchev–Trinajstić information content (AvgIpc) is 3.22. The minimum Gasteiger partial charge on any atom is -0.308 e. The van der Waals surface area contributed by atoms with Gasteiger partial charge in [-0.3, -0.25) is 10.1 Å². The Kier molecular flexibility index (Phi) is 5.01. The number of hydrogen-bond donors (Lipinski definition) is 2. The molecule has 0 aliphatic carbocycles. The number of aromatic nitrogens is 5. The Balaban J connectivity index is 1.53. The molecule has 0 saturated carbocycles. The van der Waals surface area contributed by atoms with E-state index in [2.05, 4.69) is 30.7 Å². The minimum absolute atomic E-state index is 0.183. The van der Waals surface area contributed by atoms with Crippen LogP contribution in [0.3, 0.4) is 0 Å². The summed E-state index contributed by atoms with van der Waals surface area (Å²) in [6.07, 6.45) is 1.49. The van der Waals surface area contributed by atoms with Crippen LogP contribution in [-0.2, 0) is 0 Å². The van der Waals surface area contributed by atoms with E-state index in [1.807, 2.05) is 79.7 Å². The van der Waals surface area contributed by atoms with Crippen LogP contribution in [0, 0.1) is 6.92 Å². The summed E-state index contributed by atoms with van der Waals surface area (Å²) in [7, 11) is 0. The van der Waals surface area contributed by atoms with Crippen LogP contribution in [0.5, 0.6) is 0 Å². The first-order valence-corrected chi connectivity index (χ1v) is 10.1. The molecule has 2 aromatic heterocycles. The summed E-state index contributed by atoms with van der Waals surface area (Å²) in [5.74, 6) is 0.924. The van der Waals surface area contributed by atoms with E-state index in [0.29, 0.717) is 17.3 Å². The lowest BCUT2D eigenvalue weighted by molar-refractivity contribution is 0.102. The standard InChI is InChI=1S/C24H19N7O/c1-16-9-5-6-12-18(16)22(32)28-23-29-24(31(30-23)17-10-3-2-4-11-17)27-21-19-13-7-8-14-20(19)25-15-26-21/h2-15H,1H3,(H2,25,26,27,28,29,30,32). The number of carbonyl (C=O) groups excluding carboxylic acids is 1. The molecule has 0 unspecified atom stereocenters. The second-order valence-corrected chi connectivity index (χ2v) is 7.14. The molecule has 8 nitrogen and oxygen atoms in total. The highest BCUT2D eigenvalue weighted by atomic mass is 16.1. The SMILES string of the molecule is Cc1ccccc1C(=O)Nc1nc(Nc2ncnc3ccccc23)n(-c2ccccc2)n1. The van der Waals surface area contributed by atoms with E-state index in [9.17, 15) is 4.79 Å². The van der Waals surface area contributed by atoms with Gasteiger partial charge in [0.1, 0.15) is 12.1 Å². The Morgan fingerprint density at radius 1 is 0.875 bits per heavy atom. The van der Waals surface area contributed by atoms with Crippen LogP contribution in [0.2, 0.25) is 0 Å². The Morgan fingerprint density at radius 2 is 1.62 bits per heavy atom. The number of carbonyl (C=O) groups is 1. The number of anilines is 3. The zero-order valence-corrected chi connectivity index (χ0v) is 17.2. The van der Waals surface area contributed by atoms with Crippen molar-refractivity contribution in [1.82, 2.24) is 24.7 Å². The number of fused-ring (bicyclic) bond motifs is 1. The normalized spacial score (nSPS) is 10.8. The van der Waals surface area contributed by atoms with Crippen molar-refractivity contribution in [3.05, 3.63) is 96.3 Å². The van der Waals surface area contributed by atoms with Gasteiger partial charge in [0.2, 0.25) is 5.95 Å². The monoisotopic (exact) mass is 421 g/mol. The van der Waals surface area contributed by atoms with Crippen LogP contribution in [-0.4, -0.2) is 30.6 Å². The number of para-hydroxylation sites is 2. The topological polar surface area (TPSA) is 97.6 Å². The van der Waals surface area contributed by atoms with Crippen molar-refractivity contribution in [3.63, 3.8) is 0 Å². The van der Waals surface area contributed by atoms with Crippen molar-refractivity contribution < 1.29 is 4.79 Å². The highest BCUT2D eigenvalue weighted by molar-refractivity contribution is 6.04. The molecular formula is C24H19N7O. The van der Waals surface area contributed by atoms with Gasteiger partial charge in [-0.15, -0.1) is 5.10 Å².